The number of carboxylic acids is 1. The third-order valence-electron chi connectivity index (χ3n) is 4.06. The highest BCUT2D eigenvalue weighted by molar-refractivity contribution is 5.69. The van der Waals surface area contributed by atoms with Crippen LogP contribution in [0.1, 0.15) is 5.56 Å². The summed E-state index contributed by atoms with van der Waals surface area (Å²) in [4.78, 5) is 26.9. The van der Waals surface area contributed by atoms with Gasteiger partial charge in [-0.05, 0) is 54.5 Å². The molecule has 0 spiro atoms. The zero-order valence-electron chi connectivity index (χ0n) is 16.4. The van der Waals surface area contributed by atoms with Gasteiger partial charge in [0.2, 0.25) is 0 Å². The molecule has 1 saturated heterocycles. The minimum absolute atomic E-state index is 0.185. The molecule has 3 aromatic carbocycles. The van der Waals surface area contributed by atoms with Crippen molar-refractivity contribution in [3.8, 4) is 17.2 Å². The first kappa shape index (κ1) is 20.4. The summed E-state index contributed by atoms with van der Waals surface area (Å²) < 4.78 is 11.2. The molecule has 0 unspecified atom stereocenters. The molecule has 0 aliphatic carbocycles. The fourth-order valence-electron chi connectivity index (χ4n) is 2.69. The van der Waals surface area contributed by atoms with Gasteiger partial charge >= 0.3 is 5.97 Å². The van der Waals surface area contributed by atoms with E-state index in [1.165, 1.54) is 6.07 Å². The summed E-state index contributed by atoms with van der Waals surface area (Å²) in [6.07, 6.45) is 0. The van der Waals surface area contributed by atoms with Crippen molar-refractivity contribution >= 4 is 17.3 Å². The molecule has 1 aliphatic heterocycles. The molecule has 10 nitrogen and oxygen atoms in total. The topological polar surface area (TPSA) is 102 Å². The standard InChI is InChI=1S/C21H19N3O7/c1-15-6-5-7-16(12-15)23-29-22-30-24(31-23)17-10-11-19(20(13-17)27-14-21(25)26)28-18-8-3-2-4-9-18/h2-13,22H,14H2,1H3,(H,25,26). The molecule has 31 heavy (non-hydrogen) atoms. The Balaban J connectivity index is 1.57. The van der Waals surface area contributed by atoms with E-state index in [-0.39, 0.29) is 5.75 Å². The largest absolute Gasteiger partial charge is 0.479 e. The Morgan fingerprint density at radius 1 is 0.935 bits per heavy atom. The second-order valence-electron chi connectivity index (χ2n) is 6.43. The van der Waals surface area contributed by atoms with Crippen LogP contribution >= 0.6 is 0 Å². The van der Waals surface area contributed by atoms with Crippen molar-refractivity contribution in [2.24, 2.45) is 0 Å². The Morgan fingerprint density at radius 2 is 1.68 bits per heavy atom. The molecule has 1 heterocycles. The lowest BCUT2D eigenvalue weighted by Crippen LogP contribution is -2.48. The van der Waals surface area contributed by atoms with E-state index in [0.717, 1.165) is 16.0 Å². The minimum atomic E-state index is -1.12. The van der Waals surface area contributed by atoms with Crippen LogP contribution in [0, 0.1) is 6.92 Å². The van der Waals surface area contributed by atoms with Crippen LogP contribution in [0.15, 0.2) is 72.8 Å². The Bertz CT molecular complexity index is 1050. The molecule has 0 aromatic heterocycles. The number of aliphatic carboxylic acids is 1. The van der Waals surface area contributed by atoms with Gasteiger partial charge in [-0.3, -0.25) is 0 Å². The van der Waals surface area contributed by atoms with Crippen LogP contribution in [0.2, 0.25) is 0 Å². The highest BCUT2D eigenvalue weighted by atomic mass is 17.3. The van der Waals surface area contributed by atoms with E-state index in [2.05, 4.69) is 5.64 Å². The van der Waals surface area contributed by atoms with Crippen molar-refractivity contribution in [3.05, 3.63) is 78.4 Å². The van der Waals surface area contributed by atoms with E-state index < -0.39 is 12.6 Å². The number of carboxylic acid groups (broad SMARTS) is 1. The van der Waals surface area contributed by atoms with Crippen molar-refractivity contribution in [1.29, 1.82) is 0 Å². The molecule has 160 valence electrons. The van der Waals surface area contributed by atoms with E-state index >= 15 is 0 Å². The number of hydrogen-bond donors (Lipinski definition) is 2. The van der Waals surface area contributed by atoms with Crippen molar-refractivity contribution < 1.29 is 34.2 Å². The Labute approximate surface area is 177 Å². The summed E-state index contributed by atoms with van der Waals surface area (Å²) in [5, 5.41) is 11.1. The van der Waals surface area contributed by atoms with E-state index in [4.69, 9.17) is 29.4 Å². The number of nitrogens with zero attached hydrogens (tertiary/aromatic N) is 2. The number of nitrogens with one attached hydrogen (secondary N) is 1. The molecule has 2 N–H and O–H groups in total. The van der Waals surface area contributed by atoms with Gasteiger partial charge in [0, 0.05) is 6.07 Å². The van der Waals surface area contributed by atoms with Crippen molar-refractivity contribution in [1.82, 2.24) is 5.64 Å². The Morgan fingerprint density at radius 3 is 2.39 bits per heavy atom. The predicted molar refractivity (Wildman–Crippen MR) is 109 cm³/mol. The second kappa shape index (κ2) is 9.32. The quantitative estimate of drug-likeness (QED) is 0.582. The van der Waals surface area contributed by atoms with Gasteiger partial charge < -0.3 is 14.6 Å². The highest BCUT2D eigenvalue weighted by Gasteiger charge is 2.24. The molecule has 1 aliphatic rings. The highest BCUT2D eigenvalue weighted by Crippen LogP contribution is 2.36. The molecule has 3 aromatic rings. The normalized spacial score (nSPS) is 13.7. The first-order valence-electron chi connectivity index (χ1n) is 9.24. The molecular weight excluding hydrogens is 406 g/mol. The van der Waals surface area contributed by atoms with Crippen LogP contribution in [0.4, 0.5) is 11.4 Å². The Kier molecular flexibility index (Phi) is 6.15. The van der Waals surface area contributed by atoms with E-state index in [1.807, 2.05) is 43.3 Å². The first-order valence-corrected chi connectivity index (χ1v) is 9.24. The van der Waals surface area contributed by atoms with Crippen molar-refractivity contribution in [2.45, 2.75) is 6.92 Å². The fraction of sp³-hybridized carbons (Fsp3) is 0.0952. The van der Waals surface area contributed by atoms with Gasteiger partial charge in [-0.2, -0.15) is 0 Å². The molecular formula is C21H19N3O7. The zero-order chi connectivity index (χ0) is 21.6. The van der Waals surface area contributed by atoms with Gasteiger partial charge in [-0.1, -0.05) is 45.7 Å². The summed E-state index contributed by atoms with van der Waals surface area (Å²) >= 11 is 0. The van der Waals surface area contributed by atoms with Gasteiger partial charge in [0.25, 0.3) is 0 Å². The van der Waals surface area contributed by atoms with Gasteiger partial charge in [0.15, 0.2) is 18.1 Å². The average molecular weight is 425 g/mol. The van der Waals surface area contributed by atoms with Crippen molar-refractivity contribution in [3.63, 3.8) is 0 Å². The number of carbonyl (C=O) groups is 1. The molecule has 1 fully saturated rings. The van der Waals surface area contributed by atoms with Gasteiger partial charge in [-0.15, -0.1) is 9.88 Å². The van der Waals surface area contributed by atoms with E-state index in [1.54, 1.807) is 30.3 Å². The number of ether oxygens (including phenoxy) is 2. The molecule has 0 bridgehead atoms. The second-order valence-corrected chi connectivity index (χ2v) is 6.43. The third kappa shape index (κ3) is 5.21. The number of anilines is 2. The predicted octanol–water partition coefficient (Wildman–Crippen LogP) is 3.71. The first-order chi connectivity index (χ1) is 15.1. The molecule has 0 saturated carbocycles. The number of benzene rings is 3. The monoisotopic (exact) mass is 425 g/mol. The molecule has 0 atom stereocenters. The summed E-state index contributed by atoms with van der Waals surface area (Å²) in [6.45, 7) is 1.39. The number of para-hydroxylation sites is 1. The SMILES string of the molecule is Cc1cccc(N2ONON(c3ccc(Oc4ccccc4)c(OCC(=O)O)c3)O2)c1. The van der Waals surface area contributed by atoms with Gasteiger partial charge in [0.05, 0.1) is 5.69 Å². The maximum atomic E-state index is 11.0. The molecule has 0 radical (unpaired) electrons. The smallest absolute Gasteiger partial charge is 0.341 e. The maximum absolute atomic E-state index is 11.0. The van der Waals surface area contributed by atoms with Crippen LogP contribution in [-0.4, -0.2) is 17.7 Å². The van der Waals surface area contributed by atoms with E-state index in [9.17, 15) is 4.79 Å². The zero-order valence-corrected chi connectivity index (χ0v) is 16.4. The lowest BCUT2D eigenvalue weighted by Gasteiger charge is -2.32. The summed E-state index contributed by atoms with van der Waals surface area (Å²) in [5.41, 5.74) is 4.30. The summed E-state index contributed by atoms with van der Waals surface area (Å²) in [5.74, 6) is -0.0404. The van der Waals surface area contributed by atoms with Gasteiger partial charge in [-0.25, -0.2) is 4.79 Å². The molecule has 0 amide bonds. The maximum Gasteiger partial charge on any atom is 0.341 e. The van der Waals surface area contributed by atoms with Crippen LogP contribution in [0.3, 0.4) is 0 Å². The number of rotatable bonds is 7. The summed E-state index contributed by atoms with van der Waals surface area (Å²) in [6, 6.07) is 21.2. The molecule has 10 heteroatoms. The van der Waals surface area contributed by atoms with E-state index in [0.29, 0.717) is 22.9 Å². The third-order valence-corrected chi connectivity index (χ3v) is 4.06. The lowest BCUT2D eigenvalue weighted by molar-refractivity contribution is -0.354. The Hall–Kier alpha value is -3.83. The van der Waals surface area contributed by atoms with Crippen LogP contribution in [-0.2, 0) is 19.6 Å². The van der Waals surface area contributed by atoms with Crippen LogP contribution in [0.25, 0.3) is 0 Å². The fourth-order valence-corrected chi connectivity index (χ4v) is 2.69. The lowest BCUT2D eigenvalue weighted by atomic mass is 10.2. The molecule has 4 rings (SSSR count). The minimum Gasteiger partial charge on any atom is -0.479 e. The summed E-state index contributed by atoms with van der Waals surface area (Å²) in [7, 11) is 0. The average Bonchev–Trinajstić information content (AvgIpc) is 2.79. The van der Waals surface area contributed by atoms with Gasteiger partial charge in [0.1, 0.15) is 11.4 Å². The number of aryl methyl sites for hydroxylation is 1. The number of hydrogen-bond acceptors (Lipinski definition) is 9. The van der Waals surface area contributed by atoms with Crippen molar-refractivity contribution in [2.75, 3.05) is 17.1 Å². The van der Waals surface area contributed by atoms with Crippen LogP contribution < -0.4 is 25.6 Å². The van der Waals surface area contributed by atoms with Crippen LogP contribution in [0.5, 0.6) is 17.2 Å².